The Morgan fingerprint density at radius 1 is 1.21 bits per heavy atom. The topological polar surface area (TPSA) is 84.7 Å². The Kier molecular flexibility index (Phi) is 7.12. The Morgan fingerprint density at radius 2 is 1.86 bits per heavy atom. The molecular weight excluding hydrogens is 358 g/mol. The van der Waals surface area contributed by atoms with E-state index in [1.54, 1.807) is 26.2 Å². The summed E-state index contributed by atoms with van der Waals surface area (Å²) in [6.45, 7) is 6.96. The Bertz CT molecular complexity index is 857. The molecule has 0 heterocycles. The molecule has 0 radical (unpaired) electrons. The van der Waals surface area contributed by atoms with Crippen LogP contribution in [0.4, 0.5) is 11.4 Å². The summed E-state index contributed by atoms with van der Waals surface area (Å²) in [5, 5.41) is 13.8. The summed E-state index contributed by atoms with van der Waals surface area (Å²) < 4.78 is 5.40. The van der Waals surface area contributed by atoms with Gasteiger partial charge in [0.05, 0.1) is 23.3 Å². The number of methoxy groups -OCH3 is 1. The molecule has 0 aliphatic rings. The SMILES string of the molecule is COc1c(C)cc(CN(C)CCC(=O)Nc2cccc([N+](=O)[O-])c2C)cc1C. The summed E-state index contributed by atoms with van der Waals surface area (Å²) in [6.07, 6.45) is 0.298. The van der Waals surface area contributed by atoms with Gasteiger partial charge in [-0.05, 0) is 50.6 Å². The summed E-state index contributed by atoms with van der Waals surface area (Å²) in [4.78, 5) is 24.9. The average Bonchev–Trinajstić information content (AvgIpc) is 2.61. The van der Waals surface area contributed by atoms with E-state index in [2.05, 4.69) is 22.3 Å². The van der Waals surface area contributed by atoms with E-state index in [4.69, 9.17) is 4.74 Å². The van der Waals surface area contributed by atoms with E-state index in [1.165, 1.54) is 6.07 Å². The summed E-state index contributed by atoms with van der Waals surface area (Å²) in [6, 6.07) is 8.86. The maximum Gasteiger partial charge on any atom is 0.274 e. The number of amides is 1. The first kappa shape index (κ1) is 21.4. The molecule has 0 fully saturated rings. The van der Waals surface area contributed by atoms with Crippen molar-refractivity contribution in [2.45, 2.75) is 33.7 Å². The number of hydrogen-bond donors (Lipinski definition) is 1. The summed E-state index contributed by atoms with van der Waals surface area (Å²) >= 11 is 0. The van der Waals surface area contributed by atoms with Gasteiger partial charge in [0.1, 0.15) is 5.75 Å². The van der Waals surface area contributed by atoms with Crippen LogP contribution in [-0.4, -0.2) is 36.4 Å². The van der Waals surface area contributed by atoms with Crippen molar-refractivity contribution in [2.24, 2.45) is 0 Å². The zero-order chi connectivity index (χ0) is 20.8. The van der Waals surface area contributed by atoms with E-state index in [9.17, 15) is 14.9 Å². The molecule has 0 aromatic heterocycles. The molecule has 2 aromatic carbocycles. The number of hydrogen-bond acceptors (Lipinski definition) is 5. The van der Waals surface area contributed by atoms with Gasteiger partial charge in [-0.1, -0.05) is 18.2 Å². The largest absolute Gasteiger partial charge is 0.496 e. The Balaban J connectivity index is 1.93. The normalized spacial score (nSPS) is 10.8. The lowest BCUT2D eigenvalue weighted by Gasteiger charge is -2.18. The maximum absolute atomic E-state index is 12.3. The van der Waals surface area contributed by atoms with Gasteiger partial charge >= 0.3 is 0 Å². The Hall–Kier alpha value is -2.93. The second-order valence-electron chi connectivity index (χ2n) is 7.01. The molecule has 2 aromatic rings. The highest BCUT2D eigenvalue weighted by atomic mass is 16.6. The first-order chi connectivity index (χ1) is 13.2. The van der Waals surface area contributed by atoms with Crippen LogP contribution in [-0.2, 0) is 11.3 Å². The van der Waals surface area contributed by atoms with Crippen LogP contribution in [0, 0.1) is 30.9 Å². The van der Waals surface area contributed by atoms with Gasteiger partial charge in [0.25, 0.3) is 5.69 Å². The van der Waals surface area contributed by atoms with Gasteiger partial charge in [0.15, 0.2) is 0 Å². The number of nitro benzene ring substituents is 1. The average molecular weight is 385 g/mol. The van der Waals surface area contributed by atoms with Gasteiger partial charge in [-0.2, -0.15) is 0 Å². The summed E-state index contributed by atoms with van der Waals surface area (Å²) in [7, 11) is 3.63. The molecule has 1 N–H and O–H groups in total. The van der Waals surface area contributed by atoms with Crippen molar-refractivity contribution in [1.29, 1.82) is 0 Å². The number of carbonyl (C=O) groups is 1. The van der Waals surface area contributed by atoms with Crippen LogP contribution in [0.5, 0.6) is 5.75 Å². The van der Waals surface area contributed by atoms with Gasteiger partial charge in [-0.15, -0.1) is 0 Å². The molecule has 7 heteroatoms. The molecule has 0 aliphatic carbocycles. The molecule has 0 spiro atoms. The fourth-order valence-electron chi connectivity index (χ4n) is 3.31. The van der Waals surface area contributed by atoms with Gasteiger partial charge < -0.3 is 15.0 Å². The fourth-order valence-corrected chi connectivity index (χ4v) is 3.31. The lowest BCUT2D eigenvalue weighted by Crippen LogP contribution is -2.24. The second-order valence-corrected chi connectivity index (χ2v) is 7.01. The standard InChI is InChI=1S/C21H27N3O4/c1-14-11-17(12-15(2)21(14)28-5)13-23(4)10-9-20(25)22-18-7-6-8-19(16(18)3)24(26)27/h6-8,11-12H,9-10,13H2,1-5H3,(H,22,25). The minimum atomic E-state index is -0.447. The molecular formula is C21H27N3O4. The molecule has 1 amide bonds. The first-order valence-corrected chi connectivity index (χ1v) is 9.09. The molecule has 7 nitrogen and oxygen atoms in total. The van der Waals surface area contributed by atoms with Crippen molar-refractivity contribution < 1.29 is 14.5 Å². The van der Waals surface area contributed by atoms with Crippen molar-refractivity contribution >= 4 is 17.3 Å². The van der Waals surface area contributed by atoms with Crippen LogP contribution in [0.15, 0.2) is 30.3 Å². The zero-order valence-corrected chi connectivity index (χ0v) is 17.0. The van der Waals surface area contributed by atoms with E-state index < -0.39 is 4.92 Å². The number of carbonyl (C=O) groups excluding carboxylic acids is 1. The lowest BCUT2D eigenvalue weighted by molar-refractivity contribution is -0.385. The molecule has 0 saturated carbocycles. The highest BCUT2D eigenvalue weighted by Gasteiger charge is 2.15. The van der Waals surface area contributed by atoms with E-state index >= 15 is 0 Å². The number of nitrogens with zero attached hydrogens (tertiary/aromatic N) is 2. The van der Waals surface area contributed by atoms with Crippen molar-refractivity contribution in [3.05, 3.63) is 62.7 Å². The van der Waals surface area contributed by atoms with Gasteiger partial charge in [-0.25, -0.2) is 0 Å². The van der Waals surface area contributed by atoms with Crippen LogP contribution in [0.25, 0.3) is 0 Å². The molecule has 150 valence electrons. The number of nitrogens with one attached hydrogen (secondary N) is 1. The molecule has 0 atom stereocenters. The van der Waals surface area contributed by atoms with Gasteiger partial charge in [0, 0.05) is 25.6 Å². The second kappa shape index (κ2) is 9.32. The smallest absolute Gasteiger partial charge is 0.274 e. The van der Waals surface area contributed by atoms with Crippen molar-refractivity contribution in [3.8, 4) is 5.75 Å². The van der Waals surface area contributed by atoms with Crippen molar-refractivity contribution in [1.82, 2.24) is 4.90 Å². The third-order valence-corrected chi connectivity index (χ3v) is 4.67. The van der Waals surface area contributed by atoms with Crippen molar-refractivity contribution in [3.63, 3.8) is 0 Å². The molecule has 28 heavy (non-hydrogen) atoms. The highest BCUT2D eigenvalue weighted by Crippen LogP contribution is 2.26. The quantitative estimate of drug-likeness (QED) is 0.549. The fraction of sp³-hybridized carbons (Fsp3) is 0.381. The maximum atomic E-state index is 12.3. The van der Waals surface area contributed by atoms with E-state index in [0.717, 1.165) is 29.0 Å². The van der Waals surface area contributed by atoms with Crippen LogP contribution >= 0.6 is 0 Å². The number of ether oxygens (including phenoxy) is 1. The summed E-state index contributed by atoms with van der Waals surface area (Å²) in [5.74, 6) is 0.732. The highest BCUT2D eigenvalue weighted by molar-refractivity contribution is 5.92. The number of nitro groups is 1. The first-order valence-electron chi connectivity index (χ1n) is 9.09. The third kappa shape index (κ3) is 5.29. The number of rotatable bonds is 8. The van der Waals surface area contributed by atoms with Crippen molar-refractivity contribution in [2.75, 3.05) is 26.0 Å². The monoisotopic (exact) mass is 385 g/mol. The van der Waals surface area contributed by atoms with E-state index in [-0.39, 0.29) is 11.6 Å². The minimum Gasteiger partial charge on any atom is -0.496 e. The molecule has 0 unspecified atom stereocenters. The zero-order valence-electron chi connectivity index (χ0n) is 17.0. The minimum absolute atomic E-state index is 0.000151. The van der Waals surface area contributed by atoms with E-state index in [1.807, 2.05) is 20.9 Å². The lowest BCUT2D eigenvalue weighted by atomic mass is 10.1. The molecule has 0 bridgehead atoms. The third-order valence-electron chi connectivity index (χ3n) is 4.67. The predicted octanol–water partition coefficient (Wildman–Crippen LogP) is 3.99. The number of benzene rings is 2. The van der Waals surface area contributed by atoms with Gasteiger partial charge in [-0.3, -0.25) is 14.9 Å². The Morgan fingerprint density at radius 3 is 2.43 bits per heavy atom. The number of anilines is 1. The molecule has 0 aliphatic heterocycles. The van der Waals surface area contributed by atoms with Crippen LogP contribution in [0.2, 0.25) is 0 Å². The van der Waals surface area contributed by atoms with E-state index in [0.29, 0.717) is 24.2 Å². The molecule has 0 saturated heterocycles. The number of aryl methyl sites for hydroxylation is 2. The van der Waals surface area contributed by atoms with Gasteiger partial charge in [0.2, 0.25) is 5.91 Å². The van der Waals surface area contributed by atoms with Crippen LogP contribution < -0.4 is 10.1 Å². The molecule has 2 rings (SSSR count). The Labute approximate surface area is 165 Å². The van der Waals surface area contributed by atoms with Crippen LogP contribution in [0.3, 0.4) is 0 Å². The summed E-state index contributed by atoms with van der Waals surface area (Å²) in [5.41, 5.74) is 4.27. The van der Waals surface area contributed by atoms with Crippen LogP contribution in [0.1, 0.15) is 28.7 Å². The predicted molar refractivity (Wildman–Crippen MR) is 110 cm³/mol.